The van der Waals surface area contributed by atoms with Gasteiger partial charge in [-0.3, -0.25) is 0 Å². The summed E-state index contributed by atoms with van der Waals surface area (Å²) in [5.41, 5.74) is 0.652. The average Bonchev–Trinajstić information content (AvgIpc) is 2.48. The van der Waals surface area contributed by atoms with Gasteiger partial charge in [0.15, 0.2) is 0 Å². The first-order chi connectivity index (χ1) is 10.2. The molecule has 0 amide bonds. The molecule has 120 valence electrons. The van der Waals surface area contributed by atoms with Gasteiger partial charge in [0.2, 0.25) is 0 Å². The van der Waals surface area contributed by atoms with Gasteiger partial charge in [-0.2, -0.15) is 0 Å². The van der Waals surface area contributed by atoms with Gasteiger partial charge in [0, 0.05) is 11.6 Å². The van der Waals surface area contributed by atoms with Crippen molar-refractivity contribution in [1.82, 2.24) is 5.32 Å². The summed E-state index contributed by atoms with van der Waals surface area (Å²) < 4.78 is 19.9. The van der Waals surface area contributed by atoms with Gasteiger partial charge in [0.25, 0.3) is 0 Å². The summed E-state index contributed by atoms with van der Waals surface area (Å²) in [6, 6.07) is 5.07. The fourth-order valence-electron chi connectivity index (χ4n) is 2.41. The van der Waals surface area contributed by atoms with E-state index in [0.717, 1.165) is 19.4 Å². The number of rotatable bonds is 11. The Morgan fingerprint density at radius 3 is 2.57 bits per heavy atom. The molecule has 2 nitrogen and oxygen atoms in total. The Bertz CT molecular complexity index is 395. The molecule has 0 saturated carbocycles. The van der Waals surface area contributed by atoms with Crippen LogP contribution in [0.2, 0.25) is 0 Å². The Morgan fingerprint density at radius 1 is 1.10 bits per heavy atom. The summed E-state index contributed by atoms with van der Waals surface area (Å²) in [7, 11) is 0. The molecule has 1 unspecified atom stereocenters. The minimum atomic E-state index is -0.186. The maximum absolute atomic E-state index is 14.1. The van der Waals surface area contributed by atoms with E-state index in [2.05, 4.69) is 19.2 Å². The van der Waals surface area contributed by atoms with E-state index in [1.165, 1.54) is 31.7 Å². The SMILES string of the molecule is CCCCCCCOc1cccc(F)c1C(C)NCCC. The zero-order valence-electron chi connectivity index (χ0n) is 13.8. The molecular weight excluding hydrogens is 265 g/mol. The Balaban J connectivity index is 2.54. The monoisotopic (exact) mass is 295 g/mol. The number of nitrogens with one attached hydrogen (secondary N) is 1. The lowest BCUT2D eigenvalue weighted by atomic mass is 10.1. The van der Waals surface area contributed by atoms with E-state index in [0.29, 0.717) is 17.9 Å². The van der Waals surface area contributed by atoms with Gasteiger partial charge in [-0.05, 0) is 38.4 Å². The van der Waals surface area contributed by atoms with E-state index in [4.69, 9.17) is 4.74 Å². The molecule has 0 aliphatic heterocycles. The molecule has 1 rings (SSSR count). The number of unbranched alkanes of at least 4 members (excludes halogenated alkanes) is 4. The van der Waals surface area contributed by atoms with Crippen molar-refractivity contribution in [2.45, 2.75) is 65.3 Å². The summed E-state index contributed by atoms with van der Waals surface area (Å²) in [5, 5.41) is 3.33. The van der Waals surface area contributed by atoms with Crippen LogP contribution in [0.5, 0.6) is 5.75 Å². The predicted octanol–water partition coefficient (Wildman–Crippen LogP) is 5.24. The van der Waals surface area contributed by atoms with Gasteiger partial charge in [-0.25, -0.2) is 4.39 Å². The molecule has 0 aliphatic rings. The molecule has 0 fully saturated rings. The van der Waals surface area contributed by atoms with Crippen molar-refractivity contribution in [2.75, 3.05) is 13.2 Å². The number of hydrogen-bond donors (Lipinski definition) is 1. The van der Waals surface area contributed by atoms with Gasteiger partial charge in [0.1, 0.15) is 11.6 Å². The zero-order valence-corrected chi connectivity index (χ0v) is 13.8. The first kappa shape index (κ1) is 18.0. The second kappa shape index (κ2) is 10.6. The Kier molecular flexibility index (Phi) is 9.07. The molecule has 3 heteroatoms. The molecule has 0 aliphatic carbocycles. The Labute approximate surface area is 129 Å². The highest BCUT2D eigenvalue weighted by atomic mass is 19.1. The molecular formula is C18H30FNO. The zero-order chi connectivity index (χ0) is 15.5. The van der Waals surface area contributed by atoms with Gasteiger partial charge >= 0.3 is 0 Å². The highest BCUT2D eigenvalue weighted by Crippen LogP contribution is 2.28. The largest absolute Gasteiger partial charge is 0.493 e. The van der Waals surface area contributed by atoms with E-state index in [1.807, 2.05) is 13.0 Å². The standard InChI is InChI=1S/C18H30FNO/c1-4-6-7-8-9-14-21-17-12-10-11-16(19)18(17)15(3)20-13-5-2/h10-12,15,20H,4-9,13-14H2,1-3H3. The van der Waals surface area contributed by atoms with Crippen molar-refractivity contribution in [2.24, 2.45) is 0 Å². The van der Waals surface area contributed by atoms with Gasteiger partial charge in [-0.15, -0.1) is 0 Å². The van der Waals surface area contributed by atoms with E-state index in [9.17, 15) is 4.39 Å². The van der Waals surface area contributed by atoms with Crippen LogP contribution in [0.4, 0.5) is 4.39 Å². The van der Waals surface area contributed by atoms with Gasteiger partial charge in [-0.1, -0.05) is 45.6 Å². The summed E-state index contributed by atoms with van der Waals surface area (Å²) in [5.74, 6) is 0.496. The molecule has 1 atom stereocenters. The molecule has 1 aromatic carbocycles. The molecule has 1 N–H and O–H groups in total. The summed E-state index contributed by atoms with van der Waals surface area (Å²) >= 11 is 0. The van der Waals surface area contributed by atoms with Crippen LogP contribution >= 0.6 is 0 Å². The van der Waals surface area contributed by atoms with Crippen LogP contribution in [0, 0.1) is 5.82 Å². The van der Waals surface area contributed by atoms with Crippen LogP contribution in [0.3, 0.4) is 0 Å². The van der Waals surface area contributed by atoms with E-state index < -0.39 is 0 Å². The second-order valence-electron chi connectivity index (χ2n) is 5.59. The lowest BCUT2D eigenvalue weighted by Gasteiger charge is -2.19. The van der Waals surface area contributed by atoms with Crippen molar-refractivity contribution in [3.8, 4) is 5.75 Å². The van der Waals surface area contributed by atoms with Crippen LogP contribution in [-0.2, 0) is 0 Å². The third-order valence-corrected chi connectivity index (χ3v) is 3.65. The van der Waals surface area contributed by atoms with E-state index in [-0.39, 0.29) is 11.9 Å². The number of hydrogen-bond acceptors (Lipinski definition) is 2. The minimum absolute atomic E-state index is 0.0266. The Morgan fingerprint density at radius 2 is 1.86 bits per heavy atom. The Hall–Kier alpha value is -1.09. The lowest BCUT2D eigenvalue weighted by molar-refractivity contribution is 0.296. The average molecular weight is 295 g/mol. The van der Waals surface area contributed by atoms with Gasteiger partial charge < -0.3 is 10.1 Å². The smallest absolute Gasteiger partial charge is 0.131 e. The van der Waals surface area contributed by atoms with Crippen molar-refractivity contribution in [3.05, 3.63) is 29.6 Å². The fourth-order valence-corrected chi connectivity index (χ4v) is 2.41. The quantitative estimate of drug-likeness (QED) is 0.564. The van der Waals surface area contributed by atoms with Crippen molar-refractivity contribution < 1.29 is 9.13 Å². The molecule has 0 saturated heterocycles. The van der Waals surface area contributed by atoms with Crippen molar-refractivity contribution >= 4 is 0 Å². The van der Waals surface area contributed by atoms with Crippen LogP contribution in [-0.4, -0.2) is 13.2 Å². The number of halogens is 1. The highest BCUT2D eigenvalue weighted by Gasteiger charge is 2.16. The number of benzene rings is 1. The van der Waals surface area contributed by atoms with Crippen molar-refractivity contribution in [3.63, 3.8) is 0 Å². The maximum atomic E-state index is 14.1. The molecule has 0 radical (unpaired) electrons. The third-order valence-electron chi connectivity index (χ3n) is 3.65. The molecule has 21 heavy (non-hydrogen) atoms. The second-order valence-corrected chi connectivity index (χ2v) is 5.59. The summed E-state index contributed by atoms with van der Waals surface area (Å²) in [4.78, 5) is 0. The van der Waals surface area contributed by atoms with Crippen LogP contribution in [0.25, 0.3) is 0 Å². The maximum Gasteiger partial charge on any atom is 0.131 e. The highest BCUT2D eigenvalue weighted by molar-refractivity contribution is 5.37. The third kappa shape index (κ3) is 6.47. The topological polar surface area (TPSA) is 21.3 Å². The molecule has 0 heterocycles. The number of ether oxygens (including phenoxy) is 1. The fraction of sp³-hybridized carbons (Fsp3) is 0.667. The lowest BCUT2D eigenvalue weighted by Crippen LogP contribution is -2.21. The van der Waals surface area contributed by atoms with E-state index in [1.54, 1.807) is 6.07 Å². The van der Waals surface area contributed by atoms with Crippen molar-refractivity contribution in [1.29, 1.82) is 0 Å². The molecule has 1 aromatic rings. The van der Waals surface area contributed by atoms with Gasteiger partial charge in [0.05, 0.1) is 6.61 Å². The van der Waals surface area contributed by atoms with Crippen LogP contribution in [0.15, 0.2) is 18.2 Å². The van der Waals surface area contributed by atoms with E-state index >= 15 is 0 Å². The van der Waals surface area contributed by atoms with Crippen LogP contribution in [0.1, 0.15) is 70.9 Å². The predicted molar refractivity (Wildman–Crippen MR) is 87.4 cm³/mol. The summed E-state index contributed by atoms with van der Waals surface area (Å²) in [6.07, 6.45) is 7.03. The normalized spacial score (nSPS) is 12.4. The molecule has 0 aromatic heterocycles. The summed E-state index contributed by atoms with van der Waals surface area (Å²) in [6.45, 7) is 7.85. The first-order valence-corrected chi connectivity index (χ1v) is 8.35. The molecule has 0 bridgehead atoms. The minimum Gasteiger partial charge on any atom is -0.493 e. The first-order valence-electron chi connectivity index (χ1n) is 8.35. The molecule has 0 spiro atoms. The van der Waals surface area contributed by atoms with Crippen LogP contribution < -0.4 is 10.1 Å².